The van der Waals surface area contributed by atoms with E-state index in [-0.39, 0.29) is 6.04 Å². The molecule has 1 unspecified atom stereocenters. The van der Waals surface area contributed by atoms with E-state index in [1.165, 1.54) is 11.1 Å². The first-order valence-electron chi connectivity index (χ1n) is 6.46. The Kier molecular flexibility index (Phi) is 3.87. The fourth-order valence-electron chi connectivity index (χ4n) is 2.38. The molecule has 0 radical (unpaired) electrons. The monoisotopic (exact) mass is 243 g/mol. The van der Waals surface area contributed by atoms with Crippen LogP contribution in [0, 0.1) is 13.8 Å². The van der Waals surface area contributed by atoms with Crippen molar-refractivity contribution in [2.75, 3.05) is 0 Å². The molecule has 1 aromatic heterocycles. The summed E-state index contributed by atoms with van der Waals surface area (Å²) in [6, 6.07) is 13.2. The van der Waals surface area contributed by atoms with Crippen molar-refractivity contribution in [2.24, 2.45) is 0 Å². The number of furan rings is 1. The molecule has 1 aromatic carbocycles. The first-order valence-corrected chi connectivity index (χ1v) is 6.46. The van der Waals surface area contributed by atoms with E-state index in [2.05, 4.69) is 49.5 Å². The Hall–Kier alpha value is -1.54. The number of rotatable bonds is 4. The van der Waals surface area contributed by atoms with E-state index in [4.69, 9.17) is 4.42 Å². The van der Waals surface area contributed by atoms with Crippen LogP contribution in [0.15, 0.2) is 40.8 Å². The average molecular weight is 243 g/mol. The lowest BCUT2D eigenvalue weighted by atomic mass is 10.0. The highest BCUT2D eigenvalue weighted by Crippen LogP contribution is 2.24. The quantitative estimate of drug-likeness (QED) is 0.865. The van der Waals surface area contributed by atoms with Crippen molar-refractivity contribution < 1.29 is 4.42 Å². The molecular weight excluding hydrogens is 222 g/mol. The van der Waals surface area contributed by atoms with Gasteiger partial charge in [-0.2, -0.15) is 0 Å². The SMILES string of the molecule is Cc1cc(C(C)N[C@@H](C)c2ccccc2)c(C)o1. The van der Waals surface area contributed by atoms with Crippen molar-refractivity contribution in [1.82, 2.24) is 5.32 Å². The largest absolute Gasteiger partial charge is 0.466 e. The molecule has 0 bridgehead atoms. The fraction of sp³-hybridized carbons (Fsp3) is 0.375. The molecule has 2 atom stereocenters. The number of hydrogen-bond acceptors (Lipinski definition) is 2. The molecule has 0 spiro atoms. The van der Waals surface area contributed by atoms with Crippen molar-refractivity contribution in [3.63, 3.8) is 0 Å². The van der Waals surface area contributed by atoms with Crippen LogP contribution in [-0.4, -0.2) is 0 Å². The molecule has 0 aliphatic rings. The van der Waals surface area contributed by atoms with Crippen molar-refractivity contribution in [1.29, 1.82) is 0 Å². The second-order valence-electron chi connectivity index (χ2n) is 4.89. The standard InChI is InChI=1S/C16H21NO/c1-11-10-16(14(4)18-11)13(3)17-12(2)15-8-6-5-7-9-15/h5-10,12-13,17H,1-4H3/t12-,13?/m0/s1. The summed E-state index contributed by atoms with van der Waals surface area (Å²) in [5.41, 5.74) is 2.55. The molecule has 0 saturated carbocycles. The Morgan fingerprint density at radius 1 is 1.00 bits per heavy atom. The van der Waals surface area contributed by atoms with E-state index >= 15 is 0 Å². The van der Waals surface area contributed by atoms with Crippen LogP contribution in [0.1, 0.15) is 48.6 Å². The third-order valence-electron chi connectivity index (χ3n) is 3.35. The summed E-state index contributed by atoms with van der Waals surface area (Å²) >= 11 is 0. The number of hydrogen-bond donors (Lipinski definition) is 1. The van der Waals surface area contributed by atoms with Crippen LogP contribution >= 0.6 is 0 Å². The van der Waals surface area contributed by atoms with E-state index in [0.717, 1.165) is 11.5 Å². The van der Waals surface area contributed by atoms with Gasteiger partial charge in [0.15, 0.2) is 0 Å². The van der Waals surface area contributed by atoms with Crippen molar-refractivity contribution >= 4 is 0 Å². The summed E-state index contributed by atoms with van der Waals surface area (Å²) in [5, 5.41) is 3.61. The van der Waals surface area contributed by atoms with Gasteiger partial charge >= 0.3 is 0 Å². The zero-order chi connectivity index (χ0) is 13.1. The molecule has 1 heterocycles. The highest BCUT2D eigenvalue weighted by Gasteiger charge is 2.15. The Bertz CT molecular complexity index is 501. The molecule has 0 aliphatic heterocycles. The van der Waals surface area contributed by atoms with Crippen molar-refractivity contribution in [3.05, 3.63) is 59.0 Å². The third-order valence-corrected chi connectivity index (χ3v) is 3.35. The Balaban J connectivity index is 2.08. The lowest BCUT2D eigenvalue weighted by Crippen LogP contribution is -2.22. The number of aryl methyl sites for hydroxylation is 2. The maximum absolute atomic E-state index is 5.58. The Labute approximate surface area is 109 Å². The molecule has 1 N–H and O–H groups in total. The van der Waals surface area contributed by atoms with E-state index in [0.29, 0.717) is 6.04 Å². The lowest BCUT2D eigenvalue weighted by molar-refractivity contribution is 0.469. The van der Waals surface area contributed by atoms with E-state index in [1.54, 1.807) is 0 Å². The Morgan fingerprint density at radius 3 is 2.22 bits per heavy atom. The second kappa shape index (κ2) is 5.40. The van der Waals surface area contributed by atoms with Gasteiger partial charge in [0, 0.05) is 17.6 Å². The first kappa shape index (κ1) is 12.9. The smallest absolute Gasteiger partial charge is 0.105 e. The topological polar surface area (TPSA) is 25.2 Å². The predicted molar refractivity (Wildman–Crippen MR) is 74.6 cm³/mol. The molecule has 0 aliphatic carbocycles. The van der Waals surface area contributed by atoms with Gasteiger partial charge in [0.25, 0.3) is 0 Å². The molecule has 2 nitrogen and oxygen atoms in total. The summed E-state index contributed by atoms with van der Waals surface area (Å²) in [5.74, 6) is 1.98. The first-order chi connectivity index (χ1) is 8.58. The minimum absolute atomic E-state index is 0.289. The minimum atomic E-state index is 0.289. The highest BCUT2D eigenvalue weighted by molar-refractivity contribution is 5.25. The van der Waals surface area contributed by atoms with Gasteiger partial charge in [-0.05, 0) is 39.3 Å². The molecule has 0 saturated heterocycles. The molecular formula is C16H21NO. The van der Waals surface area contributed by atoms with Gasteiger partial charge < -0.3 is 9.73 Å². The van der Waals surface area contributed by atoms with Crippen LogP contribution in [0.5, 0.6) is 0 Å². The van der Waals surface area contributed by atoms with Gasteiger partial charge in [-0.3, -0.25) is 0 Å². The fourth-order valence-corrected chi connectivity index (χ4v) is 2.38. The van der Waals surface area contributed by atoms with Gasteiger partial charge in [-0.1, -0.05) is 30.3 Å². The van der Waals surface area contributed by atoms with E-state index in [9.17, 15) is 0 Å². The minimum Gasteiger partial charge on any atom is -0.466 e. The van der Waals surface area contributed by atoms with Crippen molar-refractivity contribution in [3.8, 4) is 0 Å². The van der Waals surface area contributed by atoms with Crippen LogP contribution in [-0.2, 0) is 0 Å². The maximum Gasteiger partial charge on any atom is 0.105 e. The maximum atomic E-state index is 5.58. The molecule has 96 valence electrons. The van der Waals surface area contributed by atoms with Crippen LogP contribution in [0.4, 0.5) is 0 Å². The zero-order valence-corrected chi connectivity index (χ0v) is 11.5. The van der Waals surface area contributed by atoms with Gasteiger partial charge in [0.1, 0.15) is 11.5 Å². The number of nitrogens with one attached hydrogen (secondary N) is 1. The molecule has 2 aromatic rings. The summed E-state index contributed by atoms with van der Waals surface area (Å²) in [4.78, 5) is 0. The van der Waals surface area contributed by atoms with Crippen molar-refractivity contribution in [2.45, 2.75) is 39.8 Å². The predicted octanol–water partition coefficient (Wildman–Crippen LogP) is 4.31. The van der Waals surface area contributed by atoms with Crippen LogP contribution < -0.4 is 5.32 Å². The van der Waals surface area contributed by atoms with Gasteiger partial charge in [0.05, 0.1) is 0 Å². The zero-order valence-electron chi connectivity index (χ0n) is 11.5. The molecule has 18 heavy (non-hydrogen) atoms. The van der Waals surface area contributed by atoms with Gasteiger partial charge in [0.2, 0.25) is 0 Å². The van der Waals surface area contributed by atoms with Gasteiger partial charge in [-0.15, -0.1) is 0 Å². The summed E-state index contributed by atoms with van der Waals surface area (Å²) in [7, 11) is 0. The summed E-state index contributed by atoms with van der Waals surface area (Å²) in [6.07, 6.45) is 0. The summed E-state index contributed by atoms with van der Waals surface area (Å²) < 4.78 is 5.58. The third kappa shape index (κ3) is 2.82. The average Bonchev–Trinajstić information content (AvgIpc) is 2.69. The molecule has 0 fully saturated rings. The lowest BCUT2D eigenvalue weighted by Gasteiger charge is -2.20. The molecule has 2 heteroatoms. The van der Waals surface area contributed by atoms with Gasteiger partial charge in [-0.25, -0.2) is 0 Å². The molecule has 0 amide bonds. The van der Waals surface area contributed by atoms with E-state index < -0.39 is 0 Å². The summed E-state index contributed by atoms with van der Waals surface area (Å²) in [6.45, 7) is 8.38. The Morgan fingerprint density at radius 2 is 1.67 bits per heavy atom. The highest BCUT2D eigenvalue weighted by atomic mass is 16.3. The molecule has 2 rings (SSSR count). The number of benzene rings is 1. The van der Waals surface area contributed by atoms with E-state index in [1.807, 2.05) is 19.9 Å². The second-order valence-corrected chi connectivity index (χ2v) is 4.89. The van der Waals surface area contributed by atoms with Crippen LogP contribution in [0.2, 0.25) is 0 Å². The van der Waals surface area contributed by atoms with Crippen LogP contribution in [0.25, 0.3) is 0 Å². The normalized spacial score (nSPS) is 14.4. The van der Waals surface area contributed by atoms with Crippen LogP contribution in [0.3, 0.4) is 0 Å².